The standard InChI is InChI=1S/C9H17N3S/c1-8-7-10-9(13-8)11-12-5-3-2-4-6-12/h8H,2-7H2,1H3,(H,10,11). The fraction of sp³-hybridized carbons (Fsp3) is 0.889. The van der Waals surface area contributed by atoms with Crippen LogP contribution in [0.1, 0.15) is 26.2 Å². The fourth-order valence-corrected chi connectivity index (χ4v) is 2.54. The van der Waals surface area contributed by atoms with Gasteiger partial charge in [-0.15, -0.1) is 0 Å². The van der Waals surface area contributed by atoms with Crippen LogP contribution in [0.5, 0.6) is 0 Å². The number of hydrogen-bond acceptors (Lipinski definition) is 4. The molecule has 2 heterocycles. The first-order valence-corrected chi connectivity index (χ1v) is 5.95. The maximum absolute atomic E-state index is 4.44. The maximum Gasteiger partial charge on any atom is 0.171 e. The zero-order valence-corrected chi connectivity index (χ0v) is 8.94. The van der Waals surface area contributed by atoms with Gasteiger partial charge in [0.1, 0.15) is 0 Å². The van der Waals surface area contributed by atoms with Crippen molar-refractivity contribution in [2.24, 2.45) is 4.99 Å². The number of nitrogens with one attached hydrogen (secondary N) is 1. The molecule has 1 atom stereocenters. The van der Waals surface area contributed by atoms with Gasteiger partial charge in [0.15, 0.2) is 5.17 Å². The van der Waals surface area contributed by atoms with Crippen LogP contribution in [0.3, 0.4) is 0 Å². The van der Waals surface area contributed by atoms with E-state index in [1.165, 1.54) is 32.4 Å². The maximum atomic E-state index is 4.44. The van der Waals surface area contributed by atoms with Crippen molar-refractivity contribution >= 4 is 16.9 Å². The number of aliphatic imine (C=N–C) groups is 1. The summed E-state index contributed by atoms with van der Waals surface area (Å²) >= 11 is 1.86. The second kappa shape index (κ2) is 4.33. The number of nitrogens with zero attached hydrogens (tertiary/aromatic N) is 2. The van der Waals surface area contributed by atoms with Gasteiger partial charge in [0.25, 0.3) is 0 Å². The third-order valence-electron chi connectivity index (χ3n) is 2.41. The Balaban J connectivity index is 1.77. The second-order valence-corrected chi connectivity index (χ2v) is 5.16. The number of piperidine rings is 1. The van der Waals surface area contributed by atoms with Crippen molar-refractivity contribution in [2.75, 3.05) is 19.6 Å². The Kier molecular flexibility index (Phi) is 3.11. The van der Waals surface area contributed by atoms with Crippen LogP contribution in [0.15, 0.2) is 4.99 Å². The van der Waals surface area contributed by atoms with E-state index in [2.05, 4.69) is 22.4 Å². The molecule has 4 heteroatoms. The van der Waals surface area contributed by atoms with Crippen LogP contribution in [0, 0.1) is 0 Å². The van der Waals surface area contributed by atoms with E-state index >= 15 is 0 Å². The molecule has 2 aliphatic heterocycles. The molecule has 0 amide bonds. The molecule has 2 aliphatic rings. The van der Waals surface area contributed by atoms with E-state index in [9.17, 15) is 0 Å². The average molecular weight is 199 g/mol. The van der Waals surface area contributed by atoms with Crippen LogP contribution in [-0.4, -0.2) is 35.1 Å². The molecule has 1 unspecified atom stereocenters. The molecule has 1 fully saturated rings. The van der Waals surface area contributed by atoms with Crippen LogP contribution in [0.4, 0.5) is 0 Å². The summed E-state index contributed by atoms with van der Waals surface area (Å²) in [6, 6.07) is 0. The summed E-state index contributed by atoms with van der Waals surface area (Å²) in [5.74, 6) is 0. The highest BCUT2D eigenvalue weighted by molar-refractivity contribution is 8.14. The third-order valence-corrected chi connectivity index (χ3v) is 3.41. The highest BCUT2D eigenvalue weighted by Crippen LogP contribution is 2.19. The minimum atomic E-state index is 0.660. The van der Waals surface area contributed by atoms with E-state index in [0.717, 1.165) is 11.7 Å². The lowest BCUT2D eigenvalue weighted by Crippen LogP contribution is -2.43. The lowest BCUT2D eigenvalue weighted by atomic mass is 10.2. The lowest BCUT2D eigenvalue weighted by Gasteiger charge is -2.27. The van der Waals surface area contributed by atoms with Crippen molar-refractivity contribution in [3.63, 3.8) is 0 Å². The second-order valence-electron chi connectivity index (χ2n) is 3.73. The Morgan fingerprint density at radius 1 is 1.38 bits per heavy atom. The summed E-state index contributed by atoms with van der Waals surface area (Å²) in [6.45, 7) is 5.54. The normalized spacial score (nSPS) is 30.2. The van der Waals surface area contributed by atoms with E-state index in [1.807, 2.05) is 11.8 Å². The predicted octanol–water partition coefficient (Wildman–Crippen LogP) is 1.47. The zero-order valence-electron chi connectivity index (χ0n) is 8.12. The molecule has 1 N–H and O–H groups in total. The molecular formula is C9H17N3S. The molecule has 0 aromatic carbocycles. The molecule has 0 spiro atoms. The van der Waals surface area contributed by atoms with Crippen molar-refractivity contribution < 1.29 is 0 Å². The van der Waals surface area contributed by atoms with Crippen molar-refractivity contribution in [1.29, 1.82) is 0 Å². The summed E-state index contributed by atoms with van der Waals surface area (Å²) in [5, 5.41) is 4.08. The van der Waals surface area contributed by atoms with Crippen molar-refractivity contribution in [2.45, 2.75) is 31.4 Å². The van der Waals surface area contributed by atoms with E-state index < -0.39 is 0 Å². The molecule has 0 aromatic heterocycles. The minimum absolute atomic E-state index is 0.660. The van der Waals surface area contributed by atoms with E-state index in [0.29, 0.717) is 5.25 Å². The Hall–Kier alpha value is -0.220. The quantitative estimate of drug-likeness (QED) is 0.693. The van der Waals surface area contributed by atoms with Gasteiger partial charge in [0.05, 0.1) is 6.54 Å². The monoisotopic (exact) mass is 199 g/mol. The molecule has 0 bridgehead atoms. The lowest BCUT2D eigenvalue weighted by molar-refractivity contribution is 0.196. The minimum Gasteiger partial charge on any atom is -0.298 e. The van der Waals surface area contributed by atoms with Gasteiger partial charge in [0, 0.05) is 18.3 Å². The van der Waals surface area contributed by atoms with E-state index in [4.69, 9.17) is 0 Å². The zero-order chi connectivity index (χ0) is 9.10. The summed E-state index contributed by atoms with van der Waals surface area (Å²) < 4.78 is 0. The number of thioether (sulfide) groups is 1. The first-order chi connectivity index (χ1) is 6.34. The molecule has 3 nitrogen and oxygen atoms in total. The van der Waals surface area contributed by atoms with Gasteiger partial charge in [-0.05, 0) is 12.8 Å². The van der Waals surface area contributed by atoms with Gasteiger partial charge in [-0.1, -0.05) is 25.1 Å². The van der Waals surface area contributed by atoms with Crippen molar-refractivity contribution in [3.8, 4) is 0 Å². The SMILES string of the molecule is CC1CN=C(NN2CCCCC2)S1. The summed E-state index contributed by atoms with van der Waals surface area (Å²) in [7, 11) is 0. The van der Waals surface area contributed by atoms with Crippen LogP contribution >= 0.6 is 11.8 Å². The van der Waals surface area contributed by atoms with E-state index in [1.54, 1.807) is 0 Å². The Bertz CT molecular complexity index is 199. The number of hydrogen-bond donors (Lipinski definition) is 1. The summed E-state index contributed by atoms with van der Waals surface area (Å²) in [4.78, 5) is 4.44. The molecule has 1 saturated heterocycles. The molecule has 74 valence electrons. The highest BCUT2D eigenvalue weighted by atomic mass is 32.2. The van der Waals surface area contributed by atoms with Crippen LogP contribution in [0.25, 0.3) is 0 Å². The molecule has 2 rings (SSSR count). The molecule has 0 aromatic rings. The molecule has 13 heavy (non-hydrogen) atoms. The topological polar surface area (TPSA) is 27.6 Å². The Labute approximate surface area is 83.9 Å². The fourth-order valence-electron chi connectivity index (χ4n) is 1.68. The Morgan fingerprint density at radius 3 is 2.77 bits per heavy atom. The average Bonchev–Trinajstić information content (AvgIpc) is 2.53. The molecule has 0 radical (unpaired) electrons. The number of rotatable bonds is 1. The van der Waals surface area contributed by atoms with Crippen LogP contribution in [0.2, 0.25) is 0 Å². The number of amidine groups is 1. The smallest absolute Gasteiger partial charge is 0.171 e. The molecule has 0 saturated carbocycles. The predicted molar refractivity (Wildman–Crippen MR) is 57.9 cm³/mol. The van der Waals surface area contributed by atoms with Gasteiger partial charge in [-0.3, -0.25) is 10.4 Å². The summed E-state index contributed by atoms with van der Waals surface area (Å²) in [5.41, 5.74) is 3.39. The third kappa shape index (κ3) is 2.61. The molecular weight excluding hydrogens is 182 g/mol. The van der Waals surface area contributed by atoms with Crippen molar-refractivity contribution in [3.05, 3.63) is 0 Å². The molecule has 0 aliphatic carbocycles. The first-order valence-electron chi connectivity index (χ1n) is 5.07. The Morgan fingerprint density at radius 2 is 2.15 bits per heavy atom. The van der Waals surface area contributed by atoms with E-state index in [-0.39, 0.29) is 0 Å². The highest BCUT2D eigenvalue weighted by Gasteiger charge is 2.18. The van der Waals surface area contributed by atoms with Gasteiger partial charge in [0.2, 0.25) is 0 Å². The first kappa shape index (κ1) is 9.34. The van der Waals surface area contributed by atoms with Gasteiger partial charge >= 0.3 is 0 Å². The largest absolute Gasteiger partial charge is 0.298 e. The number of hydrazine groups is 1. The van der Waals surface area contributed by atoms with Crippen molar-refractivity contribution in [1.82, 2.24) is 10.4 Å². The van der Waals surface area contributed by atoms with Gasteiger partial charge < -0.3 is 0 Å². The van der Waals surface area contributed by atoms with Gasteiger partial charge in [-0.25, -0.2) is 5.01 Å². The van der Waals surface area contributed by atoms with Crippen LogP contribution in [-0.2, 0) is 0 Å². The summed E-state index contributed by atoms with van der Waals surface area (Å²) in [6.07, 6.45) is 4.02. The van der Waals surface area contributed by atoms with Gasteiger partial charge in [-0.2, -0.15) is 0 Å². The van der Waals surface area contributed by atoms with Crippen LogP contribution < -0.4 is 5.43 Å².